The maximum Gasteiger partial charge on any atom is 0.0655 e. The van der Waals surface area contributed by atoms with Gasteiger partial charge >= 0.3 is 0 Å². The molecule has 0 N–H and O–H groups in total. The van der Waals surface area contributed by atoms with Crippen LogP contribution in [0.5, 0.6) is 0 Å². The average molecular weight is 203 g/mol. The smallest absolute Gasteiger partial charge is 0.0655 e. The second-order valence-corrected chi connectivity index (χ2v) is 4.48. The fourth-order valence-corrected chi connectivity index (χ4v) is 1.44. The molecule has 0 saturated heterocycles. The molecule has 0 spiro atoms. The first-order valence-corrected chi connectivity index (χ1v) is 5.65. The van der Waals surface area contributed by atoms with Gasteiger partial charge in [-0.15, -0.1) is 0 Å². The lowest BCUT2D eigenvalue weighted by molar-refractivity contribution is 0.533. The summed E-state index contributed by atoms with van der Waals surface area (Å²) in [6.45, 7) is 10.9. The van der Waals surface area contributed by atoms with Crippen molar-refractivity contribution < 1.29 is 0 Å². The van der Waals surface area contributed by atoms with Gasteiger partial charge in [-0.3, -0.25) is 4.98 Å². The summed E-state index contributed by atoms with van der Waals surface area (Å²) in [5, 5.41) is 0. The van der Waals surface area contributed by atoms with Gasteiger partial charge in [0.05, 0.1) is 5.69 Å². The number of nitrogens with zero attached hydrogens (tertiary/aromatic N) is 1. The summed E-state index contributed by atoms with van der Waals surface area (Å²) in [5.74, 6) is 1.25. The van der Waals surface area contributed by atoms with Crippen LogP contribution in [-0.2, 0) is 0 Å². The van der Waals surface area contributed by atoms with Crippen LogP contribution in [0, 0.1) is 5.92 Å². The summed E-state index contributed by atoms with van der Waals surface area (Å²) in [6.07, 6.45) is 4.10. The zero-order valence-electron chi connectivity index (χ0n) is 10.4. The van der Waals surface area contributed by atoms with Gasteiger partial charge in [-0.25, -0.2) is 0 Å². The van der Waals surface area contributed by atoms with Crippen molar-refractivity contribution in [2.24, 2.45) is 5.92 Å². The van der Waals surface area contributed by atoms with E-state index in [9.17, 15) is 0 Å². The zero-order valence-corrected chi connectivity index (χ0v) is 10.4. The topological polar surface area (TPSA) is 12.9 Å². The minimum atomic E-state index is 0.581. The molecule has 1 nitrogen and oxygen atoms in total. The van der Waals surface area contributed by atoms with Gasteiger partial charge in [0.2, 0.25) is 0 Å². The second kappa shape index (κ2) is 5.11. The molecule has 0 bridgehead atoms. The lowest BCUT2D eigenvalue weighted by atomic mass is 9.91. The molecule has 1 aromatic heterocycles. The highest BCUT2D eigenvalue weighted by Gasteiger charge is 2.10. The molecule has 0 aromatic carbocycles. The van der Waals surface area contributed by atoms with Crippen molar-refractivity contribution in [2.45, 2.75) is 40.5 Å². The largest absolute Gasteiger partial charge is 0.256 e. The van der Waals surface area contributed by atoms with Gasteiger partial charge in [-0.1, -0.05) is 32.9 Å². The Hall–Kier alpha value is -1.11. The summed E-state index contributed by atoms with van der Waals surface area (Å²) in [4.78, 5) is 4.48. The van der Waals surface area contributed by atoms with E-state index in [1.807, 2.05) is 13.1 Å². The van der Waals surface area contributed by atoms with Crippen LogP contribution in [0.1, 0.15) is 51.8 Å². The first kappa shape index (κ1) is 12.0. The van der Waals surface area contributed by atoms with Crippen LogP contribution in [0.3, 0.4) is 0 Å². The number of pyridine rings is 1. The summed E-state index contributed by atoms with van der Waals surface area (Å²) in [5.41, 5.74) is 3.65. The van der Waals surface area contributed by atoms with Crippen LogP contribution in [0.2, 0.25) is 0 Å². The maximum absolute atomic E-state index is 4.48. The van der Waals surface area contributed by atoms with Gasteiger partial charge in [-0.05, 0) is 42.9 Å². The lowest BCUT2D eigenvalue weighted by Gasteiger charge is -2.15. The molecular formula is C14H21N. The molecule has 0 saturated carbocycles. The molecule has 1 heteroatoms. The Morgan fingerprint density at radius 1 is 1.27 bits per heavy atom. The van der Waals surface area contributed by atoms with Crippen molar-refractivity contribution in [3.8, 4) is 0 Å². The average Bonchev–Trinajstić information content (AvgIpc) is 2.27. The van der Waals surface area contributed by atoms with E-state index in [-0.39, 0.29) is 0 Å². The van der Waals surface area contributed by atoms with E-state index in [2.05, 4.69) is 50.9 Å². The Bertz CT molecular complexity index is 333. The third-order valence-corrected chi connectivity index (χ3v) is 3.15. The third kappa shape index (κ3) is 2.92. The summed E-state index contributed by atoms with van der Waals surface area (Å²) >= 11 is 0. The Morgan fingerprint density at radius 2 is 1.93 bits per heavy atom. The van der Waals surface area contributed by atoms with Crippen LogP contribution in [0.15, 0.2) is 24.4 Å². The molecule has 0 radical (unpaired) electrons. The van der Waals surface area contributed by atoms with Gasteiger partial charge in [0, 0.05) is 6.20 Å². The van der Waals surface area contributed by atoms with Crippen molar-refractivity contribution in [1.82, 2.24) is 4.98 Å². The van der Waals surface area contributed by atoms with Gasteiger partial charge < -0.3 is 0 Å². The Labute approximate surface area is 93.2 Å². The summed E-state index contributed by atoms with van der Waals surface area (Å²) in [6, 6.07) is 4.31. The molecule has 0 aliphatic rings. The van der Waals surface area contributed by atoms with Crippen molar-refractivity contribution in [3.63, 3.8) is 0 Å². The monoisotopic (exact) mass is 203 g/mol. The molecule has 1 heterocycles. The minimum absolute atomic E-state index is 0.581. The number of hydrogen-bond acceptors (Lipinski definition) is 1. The highest BCUT2D eigenvalue weighted by Crippen LogP contribution is 2.23. The van der Waals surface area contributed by atoms with E-state index in [0.29, 0.717) is 11.8 Å². The van der Waals surface area contributed by atoms with Crippen LogP contribution in [0.4, 0.5) is 0 Å². The highest BCUT2D eigenvalue weighted by molar-refractivity contribution is 5.59. The highest BCUT2D eigenvalue weighted by atomic mass is 14.7. The molecule has 1 aromatic rings. The van der Waals surface area contributed by atoms with Crippen LogP contribution < -0.4 is 0 Å². The van der Waals surface area contributed by atoms with Crippen molar-refractivity contribution in [1.29, 1.82) is 0 Å². The fraction of sp³-hybridized carbons (Fsp3) is 0.500. The Balaban J connectivity index is 2.90. The molecular weight excluding hydrogens is 182 g/mol. The molecule has 0 aliphatic heterocycles. The van der Waals surface area contributed by atoms with E-state index in [4.69, 9.17) is 0 Å². The predicted octanol–water partition coefficient (Wildman–Crippen LogP) is 4.26. The second-order valence-electron chi connectivity index (χ2n) is 4.48. The normalized spacial score (nSPS) is 14.4. The lowest BCUT2D eigenvalue weighted by Crippen LogP contribution is -2.02. The molecule has 0 aliphatic carbocycles. The molecule has 82 valence electrons. The molecule has 1 atom stereocenters. The van der Waals surface area contributed by atoms with Gasteiger partial charge in [0.1, 0.15) is 0 Å². The first-order chi connectivity index (χ1) is 7.06. The number of rotatable bonds is 3. The molecule has 1 unspecified atom stereocenters. The van der Waals surface area contributed by atoms with Crippen molar-refractivity contribution >= 4 is 5.57 Å². The van der Waals surface area contributed by atoms with Crippen LogP contribution in [0.25, 0.3) is 5.57 Å². The molecule has 1 rings (SSSR count). The van der Waals surface area contributed by atoms with E-state index in [1.54, 1.807) is 0 Å². The fourth-order valence-electron chi connectivity index (χ4n) is 1.44. The summed E-state index contributed by atoms with van der Waals surface area (Å²) in [7, 11) is 0. The minimum Gasteiger partial charge on any atom is -0.256 e. The van der Waals surface area contributed by atoms with Gasteiger partial charge in [0.25, 0.3) is 0 Å². The van der Waals surface area contributed by atoms with Crippen molar-refractivity contribution in [3.05, 3.63) is 35.7 Å². The third-order valence-electron chi connectivity index (χ3n) is 3.15. The van der Waals surface area contributed by atoms with E-state index >= 15 is 0 Å². The first-order valence-electron chi connectivity index (χ1n) is 5.65. The van der Waals surface area contributed by atoms with E-state index in [0.717, 1.165) is 5.69 Å². The van der Waals surface area contributed by atoms with E-state index in [1.165, 1.54) is 11.1 Å². The SMILES string of the molecule is C/C=C(\C)c1ccc(C(C)C(C)C)cn1. The molecule has 15 heavy (non-hydrogen) atoms. The Kier molecular flexibility index (Phi) is 4.07. The molecule has 0 fully saturated rings. The van der Waals surface area contributed by atoms with Gasteiger partial charge in [-0.2, -0.15) is 0 Å². The quantitative estimate of drug-likeness (QED) is 0.715. The standard InChI is InChI=1S/C14H21N/c1-6-11(4)14-8-7-13(9-15-14)12(5)10(2)3/h6-10,12H,1-5H3/b11-6+. The van der Waals surface area contributed by atoms with Crippen LogP contribution >= 0.6 is 0 Å². The number of allylic oxidation sites excluding steroid dienone is 2. The predicted molar refractivity (Wildman–Crippen MR) is 66.8 cm³/mol. The number of aromatic nitrogens is 1. The maximum atomic E-state index is 4.48. The Morgan fingerprint density at radius 3 is 2.33 bits per heavy atom. The van der Waals surface area contributed by atoms with E-state index < -0.39 is 0 Å². The van der Waals surface area contributed by atoms with Crippen molar-refractivity contribution in [2.75, 3.05) is 0 Å². The zero-order chi connectivity index (χ0) is 11.4. The van der Waals surface area contributed by atoms with Gasteiger partial charge in [0.15, 0.2) is 0 Å². The summed E-state index contributed by atoms with van der Waals surface area (Å²) < 4.78 is 0. The number of hydrogen-bond donors (Lipinski definition) is 0. The van der Waals surface area contributed by atoms with Crippen LogP contribution in [-0.4, -0.2) is 4.98 Å². The molecule has 0 amide bonds.